The van der Waals surface area contributed by atoms with Crippen molar-refractivity contribution in [1.82, 2.24) is 0 Å². The van der Waals surface area contributed by atoms with Crippen LogP contribution in [0.15, 0.2) is 0 Å². The monoisotopic (exact) mass is 182 g/mol. The fourth-order valence-electron chi connectivity index (χ4n) is 0.853. The molecule has 0 bridgehead atoms. The van der Waals surface area contributed by atoms with Gasteiger partial charge < -0.3 is 15.0 Å². The van der Waals surface area contributed by atoms with Crippen molar-refractivity contribution < 1.29 is 44.6 Å². The molecular weight excluding hydrogens is 167 g/mol. The second kappa shape index (κ2) is 9.52. The van der Waals surface area contributed by atoms with Gasteiger partial charge in [-0.3, -0.25) is 0 Å². The van der Waals surface area contributed by atoms with E-state index in [4.69, 9.17) is 5.11 Å². The molecule has 1 N–H and O–H groups in total. The van der Waals surface area contributed by atoms with Crippen molar-refractivity contribution in [2.75, 3.05) is 0 Å². The van der Waals surface area contributed by atoms with Gasteiger partial charge in [0.05, 0.1) is 6.10 Å². The van der Waals surface area contributed by atoms with E-state index in [1.807, 2.05) is 6.92 Å². The molecule has 0 saturated heterocycles. The van der Waals surface area contributed by atoms with E-state index in [9.17, 15) is 9.90 Å². The predicted octanol–water partition coefficient (Wildman–Crippen LogP) is -2.93. The summed E-state index contributed by atoms with van der Waals surface area (Å²) in [6.45, 7) is 1.91. The van der Waals surface area contributed by atoms with Gasteiger partial charge in [0.25, 0.3) is 0 Å². The molecule has 0 saturated carbocycles. The Hall–Kier alpha value is 0.430. The zero-order valence-corrected chi connectivity index (χ0v) is 9.88. The summed E-state index contributed by atoms with van der Waals surface area (Å²) in [5.41, 5.74) is 0. The maximum atomic E-state index is 9.94. The number of aliphatic hydroxyl groups excluding tert-OH is 1. The number of unbranched alkanes of at least 4 members (excludes halogenated alkanes) is 1. The van der Waals surface area contributed by atoms with Gasteiger partial charge in [0.2, 0.25) is 0 Å². The molecule has 1 unspecified atom stereocenters. The first kappa shape index (κ1) is 14.9. The fourth-order valence-corrected chi connectivity index (χ4v) is 0.853. The van der Waals surface area contributed by atoms with Crippen LogP contribution in [0.2, 0.25) is 0 Å². The van der Waals surface area contributed by atoms with Gasteiger partial charge in [-0.25, -0.2) is 0 Å². The number of rotatable bonds is 6. The molecule has 12 heavy (non-hydrogen) atoms. The predicted molar refractivity (Wildman–Crippen MR) is 39.8 cm³/mol. The van der Waals surface area contributed by atoms with Crippen LogP contribution in [-0.2, 0) is 4.79 Å². The van der Waals surface area contributed by atoms with Crippen molar-refractivity contribution in [3.05, 3.63) is 0 Å². The molecular formula is C8H15NaO3. The van der Waals surface area contributed by atoms with E-state index in [1.165, 1.54) is 0 Å². The second-order valence-electron chi connectivity index (χ2n) is 2.68. The number of aliphatic carboxylic acids is 1. The van der Waals surface area contributed by atoms with E-state index in [2.05, 4.69) is 0 Å². The van der Waals surface area contributed by atoms with Crippen LogP contribution in [0.4, 0.5) is 0 Å². The molecule has 0 radical (unpaired) electrons. The first-order chi connectivity index (χ1) is 5.16. The minimum atomic E-state index is -1.00. The third-order valence-corrected chi connectivity index (χ3v) is 1.64. The van der Waals surface area contributed by atoms with Crippen LogP contribution >= 0.6 is 0 Å². The molecule has 0 aromatic rings. The fraction of sp³-hybridized carbons (Fsp3) is 0.875. The summed E-state index contributed by atoms with van der Waals surface area (Å²) in [4.78, 5) is 9.94. The molecule has 1 atom stereocenters. The van der Waals surface area contributed by atoms with Crippen molar-refractivity contribution in [2.24, 2.45) is 0 Å². The summed E-state index contributed by atoms with van der Waals surface area (Å²) in [6, 6.07) is 0. The van der Waals surface area contributed by atoms with Gasteiger partial charge in [0, 0.05) is 5.97 Å². The van der Waals surface area contributed by atoms with Gasteiger partial charge in [-0.1, -0.05) is 13.3 Å². The molecule has 4 heteroatoms. The SMILES string of the molecule is CCC(O)CCCCC(=O)[O-].[Na+]. The molecule has 3 nitrogen and oxygen atoms in total. The van der Waals surface area contributed by atoms with Gasteiger partial charge in [-0.2, -0.15) is 0 Å². The number of carbonyl (C=O) groups is 1. The first-order valence-corrected chi connectivity index (χ1v) is 4.04. The molecule has 0 aliphatic carbocycles. The van der Waals surface area contributed by atoms with Crippen LogP contribution < -0.4 is 34.7 Å². The zero-order chi connectivity index (χ0) is 8.69. The number of carbonyl (C=O) groups excluding carboxylic acids is 1. The van der Waals surface area contributed by atoms with E-state index >= 15 is 0 Å². The topological polar surface area (TPSA) is 60.4 Å². The number of hydrogen-bond donors (Lipinski definition) is 1. The van der Waals surface area contributed by atoms with Gasteiger partial charge in [0.15, 0.2) is 0 Å². The van der Waals surface area contributed by atoms with Crippen molar-refractivity contribution in [2.45, 2.75) is 45.1 Å². The quantitative estimate of drug-likeness (QED) is 0.353. The Balaban J connectivity index is 0. The third kappa shape index (κ3) is 10.4. The van der Waals surface area contributed by atoms with E-state index in [0.29, 0.717) is 12.8 Å². The molecule has 66 valence electrons. The van der Waals surface area contributed by atoms with Gasteiger partial charge in [-0.05, 0) is 25.7 Å². The minimum absolute atomic E-state index is 0. The van der Waals surface area contributed by atoms with Crippen LogP contribution in [0.25, 0.3) is 0 Å². The Morgan fingerprint density at radius 2 is 2.08 bits per heavy atom. The summed E-state index contributed by atoms with van der Waals surface area (Å²) in [7, 11) is 0. The molecule has 0 heterocycles. The summed E-state index contributed by atoms with van der Waals surface area (Å²) < 4.78 is 0. The standard InChI is InChI=1S/C8H16O3.Na/c1-2-7(9)5-3-4-6-8(10)11;/h7,9H,2-6H2,1H3,(H,10,11);/q;+1/p-1. The molecule has 0 aliphatic rings. The maximum absolute atomic E-state index is 9.94. The van der Waals surface area contributed by atoms with E-state index in [1.54, 1.807) is 0 Å². The summed E-state index contributed by atoms with van der Waals surface area (Å²) >= 11 is 0. The molecule has 0 aromatic heterocycles. The minimum Gasteiger partial charge on any atom is -0.550 e. The number of carboxylic acids is 1. The first-order valence-electron chi connectivity index (χ1n) is 4.04. The Kier molecular flexibility index (Phi) is 11.8. The number of hydrogen-bond acceptors (Lipinski definition) is 3. The second-order valence-corrected chi connectivity index (χ2v) is 2.68. The van der Waals surface area contributed by atoms with Crippen molar-refractivity contribution in [3.63, 3.8) is 0 Å². The summed E-state index contributed by atoms with van der Waals surface area (Å²) in [6.07, 6.45) is 2.66. The Morgan fingerprint density at radius 3 is 2.50 bits per heavy atom. The largest absolute Gasteiger partial charge is 1.00 e. The molecule has 0 fully saturated rings. The van der Waals surface area contributed by atoms with Crippen molar-refractivity contribution in [1.29, 1.82) is 0 Å². The van der Waals surface area contributed by atoms with E-state index in [0.717, 1.165) is 12.8 Å². The third-order valence-electron chi connectivity index (χ3n) is 1.64. The average Bonchev–Trinajstić information content (AvgIpc) is 1.97. The van der Waals surface area contributed by atoms with Crippen LogP contribution in [0.5, 0.6) is 0 Å². The molecule has 0 spiro atoms. The van der Waals surface area contributed by atoms with Crippen LogP contribution in [-0.4, -0.2) is 17.2 Å². The van der Waals surface area contributed by atoms with Crippen LogP contribution in [0, 0.1) is 0 Å². The maximum Gasteiger partial charge on any atom is 1.00 e. The summed E-state index contributed by atoms with van der Waals surface area (Å²) in [5, 5.41) is 19.0. The smallest absolute Gasteiger partial charge is 0.550 e. The van der Waals surface area contributed by atoms with Crippen LogP contribution in [0.1, 0.15) is 39.0 Å². The van der Waals surface area contributed by atoms with E-state index in [-0.39, 0.29) is 42.1 Å². The Bertz CT molecular complexity index is 117. The molecule has 0 aromatic carbocycles. The Morgan fingerprint density at radius 1 is 1.50 bits per heavy atom. The van der Waals surface area contributed by atoms with E-state index < -0.39 is 5.97 Å². The van der Waals surface area contributed by atoms with Crippen molar-refractivity contribution >= 4 is 5.97 Å². The molecule has 0 aliphatic heterocycles. The average molecular weight is 182 g/mol. The number of aliphatic hydroxyl groups is 1. The normalized spacial score (nSPS) is 11.8. The van der Waals surface area contributed by atoms with Gasteiger partial charge in [-0.15, -0.1) is 0 Å². The van der Waals surface area contributed by atoms with Gasteiger partial charge in [0.1, 0.15) is 0 Å². The van der Waals surface area contributed by atoms with Gasteiger partial charge >= 0.3 is 29.6 Å². The number of carboxylic acid groups (broad SMARTS) is 1. The molecule has 0 rings (SSSR count). The zero-order valence-electron chi connectivity index (χ0n) is 7.88. The Labute approximate surface area is 95.5 Å². The summed E-state index contributed by atoms with van der Waals surface area (Å²) in [5.74, 6) is -1.00. The van der Waals surface area contributed by atoms with Crippen LogP contribution in [0.3, 0.4) is 0 Å². The molecule has 0 amide bonds. The van der Waals surface area contributed by atoms with Crippen molar-refractivity contribution in [3.8, 4) is 0 Å².